The van der Waals surface area contributed by atoms with E-state index in [1.165, 1.54) is 0 Å². The minimum atomic E-state index is 0.0571. The lowest BCUT2D eigenvalue weighted by Crippen LogP contribution is -2.43. The molecule has 0 heterocycles. The SMILES string of the molecule is CNC(C)(C)C(C)Cl. The summed E-state index contributed by atoms with van der Waals surface area (Å²) in [5.41, 5.74) is 0.0571. The van der Waals surface area contributed by atoms with E-state index in [0.29, 0.717) is 0 Å². The maximum Gasteiger partial charge on any atom is 0.0484 e. The number of halogens is 1. The van der Waals surface area contributed by atoms with Crippen molar-refractivity contribution in [1.29, 1.82) is 0 Å². The number of nitrogens with one attached hydrogen (secondary N) is 1. The molecule has 8 heavy (non-hydrogen) atoms. The molecule has 1 atom stereocenters. The van der Waals surface area contributed by atoms with Crippen LogP contribution < -0.4 is 5.32 Å². The number of alkyl halides is 1. The summed E-state index contributed by atoms with van der Waals surface area (Å²) in [4.78, 5) is 0. The molecule has 0 aromatic heterocycles. The first-order valence-electron chi connectivity index (χ1n) is 2.83. The molecule has 2 heteroatoms. The fourth-order valence-electron chi connectivity index (χ4n) is 0.199. The van der Waals surface area contributed by atoms with Crippen LogP contribution in [0.3, 0.4) is 0 Å². The van der Waals surface area contributed by atoms with Crippen molar-refractivity contribution in [2.24, 2.45) is 0 Å². The van der Waals surface area contributed by atoms with Gasteiger partial charge < -0.3 is 5.32 Å². The van der Waals surface area contributed by atoms with E-state index in [0.717, 1.165) is 0 Å². The molecule has 1 unspecified atom stereocenters. The third-order valence-electron chi connectivity index (χ3n) is 1.64. The van der Waals surface area contributed by atoms with Crippen LogP contribution in [0.25, 0.3) is 0 Å². The zero-order valence-electron chi connectivity index (χ0n) is 5.96. The fourth-order valence-corrected chi connectivity index (χ4v) is 0.308. The minimum absolute atomic E-state index is 0.0571. The number of hydrogen-bond acceptors (Lipinski definition) is 1. The van der Waals surface area contributed by atoms with Gasteiger partial charge in [-0.3, -0.25) is 0 Å². The molecule has 0 bridgehead atoms. The molecule has 50 valence electrons. The largest absolute Gasteiger partial charge is 0.313 e. The first-order chi connectivity index (χ1) is 3.50. The zero-order chi connectivity index (χ0) is 6.78. The Morgan fingerprint density at radius 1 is 1.50 bits per heavy atom. The lowest BCUT2D eigenvalue weighted by atomic mass is 10.0. The first kappa shape index (κ1) is 8.25. The van der Waals surface area contributed by atoms with E-state index >= 15 is 0 Å². The van der Waals surface area contributed by atoms with Crippen LogP contribution in [-0.2, 0) is 0 Å². The summed E-state index contributed by atoms with van der Waals surface area (Å²) in [5, 5.41) is 3.28. The van der Waals surface area contributed by atoms with Crippen molar-refractivity contribution in [3.63, 3.8) is 0 Å². The van der Waals surface area contributed by atoms with Gasteiger partial charge in [-0.25, -0.2) is 0 Å². The Morgan fingerprint density at radius 2 is 1.88 bits per heavy atom. The fraction of sp³-hybridized carbons (Fsp3) is 1.00. The van der Waals surface area contributed by atoms with Gasteiger partial charge >= 0.3 is 0 Å². The highest BCUT2D eigenvalue weighted by Gasteiger charge is 2.20. The molecular formula is C6H14ClN. The Hall–Kier alpha value is 0.250. The van der Waals surface area contributed by atoms with Crippen molar-refractivity contribution in [2.45, 2.75) is 31.7 Å². The van der Waals surface area contributed by atoms with Gasteiger partial charge in [-0.1, -0.05) is 0 Å². The molecule has 1 nitrogen and oxygen atoms in total. The molecule has 0 radical (unpaired) electrons. The summed E-state index contributed by atoms with van der Waals surface area (Å²) < 4.78 is 0. The van der Waals surface area contributed by atoms with Crippen LogP contribution in [0.5, 0.6) is 0 Å². The highest BCUT2D eigenvalue weighted by atomic mass is 35.5. The summed E-state index contributed by atoms with van der Waals surface area (Å²) in [5.74, 6) is 0. The van der Waals surface area contributed by atoms with Gasteiger partial charge in [0.05, 0.1) is 0 Å². The Labute approximate surface area is 56.4 Å². The molecule has 0 rings (SSSR count). The second-order valence-corrected chi connectivity index (χ2v) is 3.24. The van der Waals surface area contributed by atoms with Crippen molar-refractivity contribution < 1.29 is 0 Å². The molecule has 0 saturated heterocycles. The average Bonchev–Trinajstić information content (AvgIpc) is 1.67. The standard InChI is InChI=1S/C6H14ClN/c1-5(7)6(2,3)8-4/h5,8H,1-4H3. The second kappa shape index (κ2) is 2.70. The van der Waals surface area contributed by atoms with Crippen molar-refractivity contribution >= 4 is 11.6 Å². The molecular weight excluding hydrogens is 122 g/mol. The molecule has 0 aliphatic heterocycles. The maximum atomic E-state index is 5.81. The molecule has 0 aliphatic carbocycles. The van der Waals surface area contributed by atoms with Crippen LogP contribution in [0.2, 0.25) is 0 Å². The topological polar surface area (TPSA) is 12.0 Å². The van der Waals surface area contributed by atoms with Gasteiger partial charge in [0.15, 0.2) is 0 Å². The summed E-state index contributed by atoms with van der Waals surface area (Å²) in [7, 11) is 1.92. The average molecular weight is 136 g/mol. The van der Waals surface area contributed by atoms with E-state index in [9.17, 15) is 0 Å². The van der Waals surface area contributed by atoms with Crippen LogP contribution in [0.1, 0.15) is 20.8 Å². The van der Waals surface area contributed by atoms with Crippen LogP contribution in [0.4, 0.5) is 0 Å². The van der Waals surface area contributed by atoms with Crippen molar-refractivity contribution in [1.82, 2.24) is 5.32 Å². The third kappa shape index (κ3) is 2.01. The normalized spacial score (nSPS) is 16.1. The predicted molar refractivity (Wildman–Crippen MR) is 38.5 cm³/mol. The van der Waals surface area contributed by atoms with Crippen LogP contribution in [-0.4, -0.2) is 18.0 Å². The van der Waals surface area contributed by atoms with Crippen LogP contribution in [0.15, 0.2) is 0 Å². The molecule has 0 aromatic carbocycles. The molecule has 0 aliphatic rings. The van der Waals surface area contributed by atoms with Gasteiger partial charge in [-0.2, -0.15) is 0 Å². The van der Waals surface area contributed by atoms with E-state index in [4.69, 9.17) is 11.6 Å². The maximum absolute atomic E-state index is 5.81. The van der Waals surface area contributed by atoms with Crippen LogP contribution in [0, 0.1) is 0 Å². The van der Waals surface area contributed by atoms with Gasteiger partial charge in [-0.15, -0.1) is 11.6 Å². The van der Waals surface area contributed by atoms with Gasteiger partial charge in [0, 0.05) is 10.9 Å². The molecule has 0 spiro atoms. The first-order valence-corrected chi connectivity index (χ1v) is 3.27. The van der Waals surface area contributed by atoms with Gasteiger partial charge in [-0.05, 0) is 27.8 Å². The number of hydrogen-bond donors (Lipinski definition) is 1. The second-order valence-electron chi connectivity index (χ2n) is 2.59. The monoisotopic (exact) mass is 135 g/mol. The summed E-state index contributed by atoms with van der Waals surface area (Å²) in [6.07, 6.45) is 0. The lowest BCUT2D eigenvalue weighted by molar-refractivity contribution is 0.417. The van der Waals surface area contributed by atoms with E-state index < -0.39 is 0 Å². The van der Waals surface area contributed by atoms with Crippen molar-refractivity contribution in [3.05, 3.63) is 0 Å². The van der Waals surface area contributed by atoms with Crippen molar-refractivity contribution in [3.8, 4) is 0 Å². The Bertz CT molecular complexity index is 68.9. The highest BCUT2D eigenvalue weighted by molar-refractivity contribution is 6.21. The molecule has 0 aromatic rings. The van der Waals surface area contributed by atoms with E-state index in [-0.39, 0.29) is 10.9 Å². The third-order valence-corrected chi connectivity index (χ3v) is 2.18. The lowest BCUT2D eigenvalue weighted by Gasteiger charge is -2.26. The zero-order valence-corrected chi connectivity index (χ0v) is 6.71. The van der Waals surface area contributed by atoms with E-state index in [1.54, 1.807) is 0 Å². The van der Waals surface area contributed by atoms with Gasteiger partial charge in [0.2, 0.25) is 0 Å². The van der Waals surface area contributed by atoms with E-state index in [1.807, 2.05) is 14.0 Å². The number of rotatable bonds is 2. The quantitative estimate of drug-likeness (QED) is 0.568. The Morgan fingerprint density at radius 3 is 1.88 bits per heavy atom. The smallest absolute Gasteiger partial charge is 0.0484 e. The van der Waals surface area contributed by atoms with Gasteiger partial charge in [0.25, 0.3) is 0 Å². The summed E-state index contributed by atoms with van der Waals surface area (Å²) in [6.45, 7) is 6.13. The highest BCUT2D eigenvalue weighted by Crippen LogP contribution is 2.12. The Kier molecular flexibility index (Phi) is 2.78. The summed E-state index contributed by atoms with van der Waals surface area (Å²) in [6, 6.07) is 0. The predicted octanol–water partition coefficient (Wildman–Crippen LogP) is 1.61. The van der Waals surface area contributed by atoms with Crippen molar-refractivity contribution in [2.75, 3.05) is 7.05 Å². The molecule has 0 fully saturated rings. The minimum Gasteiger partial charge on any atom is -0.313 e. The molecule has 0 amide bonds. The molecule has 1 N–H and O–H groups in total. The van der Waals surface area contributed by atoms with Gasteiger partial charge in [0.1, 0.15) is 0 Å². The van der Waals surface area contributed by atoms with Crippen LogP contribution >= 0.6 is 11.6 Å². The van der Waals surface area contributed by atoms with E-state index in [2.05, 4.69) is 19.2 Å². The Balaban J connectivity index is 3.71. The molecule has 0 saturated carbocycles. The summed E-state index contributed by atoms with van der Waals surface area (Å²) >= 11 is 5.81.